The summed E-state index contributed by atoms with van der Waals surface area (Å²) in [6.07, 6.45) is 3.89. The molecule has 1 fully saturated rings. The molecule has 1 heterocycles. The Hall–Kier alpha value is -2.79. The lowest BCUT2D eigenvalue weighted by molar-refractivity contribution is -0.126. The summed E-state index contributed by atoms with van der Waals surface area (Å²) >= 11 is 6.42. The van der Waals surface area contributed by atoms with Crippen LogP contribution in [0.25, 0.3) is 6.08 Å². The van der Waals surface area contributed by atoms with Crippen LogP contribution in [0.3, 0.4) is 0 Å². The number of benzene rings is 2. The summed E-state index contributed by atoms with van der Waals surface area (Å²) in [5, 5.41) is 3.40. The molecule has 0 unspecified atom stereocenters. The van der Waals surface area contributed by atoms with Gasteiger partial charge in [-0.2, -0.15) is 0 Å². The molecule has 1 aliphatic heterocycles. The third-order valence-corrected chi connectivity index (χ3v) is 5.01. The van der Waals surface area contributed by atoms with Crippen molar-refractivity contribution in [1.82, 2.24) is 4.90 Å². The van der Waals surface area contributed by atoms with E-state index in [1.54, 1.807) is 19.1 Å². The standard InChI is InChI=1S/C22H24ClN3O2/c1-2-21(27)24-18-9-10-20(19(23)16-18)25-12-14-26(15-13-25)22(28)11-8-17-6-4-3-5-7-17/h3-11,16H,2,12-15H2,1H3,(H,24,27). The first-order valence-electron chi connectivity index (χ1n) is 9.43. The van der Waals surface area contributed by atoms with Crippen LogP contribution in [0.2, 0.25) is 5.02 Å². The van der Waals surface area contributed by atoms with Gasteiger partial charge in [0.1, 0.15) is 0 Å². The zero-order chi connectivity index (χ0) is 19.9. The number of amides is 2. The van der Waals surface area contributed by atoms with Crippen molar-refractivity contribution < 1.29 is 9.59 Å². The Labute approximate surface area is 170 Å². The number of rotatable bonds is 5. The van der Waals surface area contributed by atoms with E-state index in [1.807, 2.05) is 53.4 Å². The van der Waals surface area contributed by atoms with Crippen LogP contribution < -0.4 is 10.2 Å². The first-order chi connectivity index (χ1) is 13.6. The summed E-state index contributed by atoms with van der Waals surface area (Å²) in [6, 6.07) is 15.3. The molecule has 1 saturated heterocycles. The van der Waals surface area contributed by atoms with Gasteiger partial charge in [0.05, 0.1) is 10.7 Å². The van der Waals surface area contributed by atoms with E-state index in [0.29, 0.717) is 43.3 Å². The molecule has 0 bridgehead atoms. The van der Waals surface area contributed by atoms with Gasteiger partial charge < -0.3 is 15.1 Å². The van der Waals surface area contributed by atoms with E-state index in [0.717, 1.165) is 11.3 Å². The van der Waals surface area contributed by atoms with Crippen molar-refractivity contribution in [3.05, 3.63) is 65.2 Å². The molecule has 0 aliphatic carbocycles. The van der Waals surface area contributed by atoms with Crippen LogP contribution in [0.1, 0.15) is 18.9 Å². The van der Waals surface area contributed by atoms with Crippen molar-refractivity contribution in [2.75, 3.05) is 36.4 Å². The summed E-state index contributed by atoms with van der Waals surface area (Å²) in [4.78, 5) is 27.9. The molecule has 1 aliphatic rings. The highest BCUT2D eigenvalue weighted by atomic mass is 35.5. The first-order valence-corrected chi connectivity index (χ1v) is 9.81. The largest absolute Gasteiger partial charge is 0.367 e. The molecule has 0 atom stereocenters. The minimum Gasteiger partial charge on any atom is -0.367 e. The van der Waals surface area contributed by atoms with Crippen LogP contribution in [0.4, 0.5) is 11.4 Å². The van der Waals surface area contributed by atoms with E-state index in [2.05, 4.69) is 10.2 Å². The Kier molecular flexibility index (Phi) is 6.71. The second-order valence-electron chi connectivity index (χ2n) is 6.62. The fourth-order valence-corrected chi connectivity index (χ4v) is 3.40. The molecule has 146 valence electrons. The average molecular weight is 398 g/mol. The molecule has 5 nitrogen and oxygen atoms in total. The van der Waals surface area contributed by atoms with Crippen molar-refractivity contribution in [2.24, 2.45) is 0 Å². The maximum atomic E-state index is 12.4. The lowest BCUT2D eigenvalue weighted by Gasteiger charge is -2.36. The number of hydrogen-bond acceptors (Lipinski definition) is 3. The summed E-state index contributed by atoms with van der Waals surface area (Å²) in [6.45, 7) is 4.52. The highest BCUT2D eigenvalue weighted by molar-refractivity contribution is 6.33. The van der Waals surface area contributed by atoms with Crippen molar-refractivity contribution in [3.63, 3.8) is 0 Å². The SMILES string of the molecule is CCC(=O)Nc1ccc(N2CCN(C(=O)C=Cc3ccccc3)CC2)c(Cl)c1. The van der Waals surface area contributed by atoms with E-state index in [1.165, 1.54) is 0 Å². The minimum atomic E-state index is -0.0421. The summed E-state index contributed by atoms with van der Waals surface area (Å²) < 4.78 is 0. The van der Waals surface area contributed by atoms with Gasteiger partial charge in [-0.25, -0.2) is 0 Å². The minimum absolute atomic E-state index is 0.0206. The number of piperazine rings is 1. The molecule has 0 spiro atoms. The lowest BCUT2D eigenvalue weighted by Crippen LogP contribution is -2.48. The van der Waals surface area contributed by atoms with E-state index in [4.69, 9.17) is 11.6 Å². The zero-order valence-electron chi connectivity index (χ0n) is 15.9. The average Bonchev–Trinajstić information content (AvgIpc) is 2.73. The summed E-state index contributed by atoms with van der Waals surface area (Å²) in [7, 11) is 0. The quantitative estimate of drug-likeness (QED) is 0.774. The molecule has 2 amide bonds. The number of carbonyl (C=O) groups excluding carboxylic acids is 2. The van der Waals surface area contributed by atoms with Crippen LogP contribution in [-0.4, -0.2) is 42.9 Å². The number of anilines is 2. The van der Waals surface area contributed by atoms with Gasteiger partial charge in [-0.05, 0) is 29.8 Å². The highest BCUT2D eigenvalue weighted by Gasteiger charge is 2.21. The van der Waals surface area contributed by atoms with E-state index in [9.17, 15) is 9.59 Å². The maximum absolute atomic E-state index is 12.4. The molecular weight excluding hydrogens is 374 g/mol. The normalized spacial score (nSPS) is 14.4. The second kappa shape index (κ2) is 9.42. The molecule has 6 heteroatoms. The fraction of sp³-hybridized carbons (Fsp3) is 0.273. The molecule has 28 heavy (non-hydrogen) atoms. The zero-order valence-corrected chi connectivity index (χ0v) is 16.7. The van der Waals surface area contributed by atoms with Crippen LogP contribution in [0, 0.1) is 0 Å². The molecular formula is C22H24ClN3O2. The van der Waals surface area contributed by atoms with Gasteiger partial charge in [0, 0.05) is 44.4 Å². The van der Waals surface area contributed by atoms with Crippen molar-refractivity contribution >= 4 is 40.9 Å². The number of hydrogen-bond donors (Lipinski definition) is 1. The van der Waals surface area contributed by atoms with Gasteiger partial charge in [-0.3, -0.25) is 9.59 Å². The van der Waals surface area contributed by atoms with E-state index < -0.39 is 0 Å². The second-order valence-corrected chi connectivity index (χ2v) is 7.03. The van der Waals surface area contributed by atoms with Crippen molar-refractivity contribution in [3.8, 4) is 0 Å². The van der Waals surface area contributed by atoms with Crippen molar-refractivity contribution in [2.45, 2.75) is 13.3 Å². The molecule has 1 N–H and O–H groups in total. The number of carbonyl (C=O) groups is 2. The van der Waals surface area contributed by atoms with Gasteiger partial charge in [0.15, 0.2) is 0 Å². The Balaban J connectivity index is 1.57. The first kappa shape index (κ1) is 20.0. The Morgan fingerprint density at radius 2 is 1.79 bits per heavy atom. The number of halogens is 1. The Morgan fingerprint density at radius 1 is 1.07 bits per heavy atom. The van der Waals surface area contributed by atoms with Gasteiger partial charge in [-0.1, -0.05) is 48.9 Å². The van der Waals surface area contributed by atoms with E-state index >= 15 is 0 Å². The monoisotopic (exact) mass is 397 g/mol. The molecule has 0 aromatic heterocycles. The smallest absolute Gasteiger partial charge is 0.246 e. The molecule has 0 saturated carbocycles. The molecule has 2 aromatic rings. The van der Waals surface area contributed by atoms with Crippen LogP contribution >= 0.6 is 11.6 Å². The Bertz CT molecular complexity index is 859. The summed E-state index contributed by atoms with van der Waals surface area (Å²) in [5.41, 5.74) is 2.63. The van der Waals surface area contributed by atoms with Gasteiger partial charge in [-0.15, -0.1) is 0 Å². The Morgan fingerprint density at radius 3 is 2.43 bits per heavy atom. The molecule has 0 radical (unpaired) electrons. The third-order valence-electron chi connectivity index (χ3n) is 4.70. The fourth-order valence-electron chi connectivity index (χ4n) is 3.10. The highest BCUT2D eigenvalue weighted by Crippen LogP contribution is 2.29. The van der Waals surface area contributed by atoms with Gasteiger partial charge >= 0.3 is 0 Å². The van der Waals surface area contributed by atoms with Gasteiger partial charge in [0.25, 0.3) is 0 Å². The predicted molar refractivity (Wildman–Crippen MR) is 115 cm³/mol. The molecule has 3 rings (SSSR count). The maximum Gasteiger partial charge on any atom is 0.246 e. The van der Waals surface area contributed by atoms with Crippen LogP contribution in [0.5, 0.6) is 0 Å². The van der Waals surface area contributed by atoms with E-state index in [-0.39, 0.29) is 11.8 Å². The predicted octanol–water partition coefficient (Wildman–Crippen LogP) is 4.05. The summed E-state index contributed by atoms with van der Waals surface area (Å²) in [5.74, 6) is -0.0215. The van der Waals surface area contributed by atoms with Crippen LogP contribution in [-0.2, 0) is 9.59 Å². The number of nitrogens with zero attached hydrogens (tertiary/aromatic N) is 2. The van der Waals surface area contributed by atoms with Crippen molar-refractivity contribution in [1.29, 1.82) is 0 Å². The van der Waals surface area contributed by atoms with Crippen LogP contribution in [0.15, 0.2) is 54.6 Å². The number of nitrogens with one attached hydrogen (secondary N) is 1. The lowest BCUT2D eigenvalue weighted by atomic mass is 10.2. The topological polar surface area (TPSA) is 52.7 Å². The molecule has 2 aromatic carbocycles. The van der Waals surface area contributed by atoms with Gasteiger partial charge in [0.2, 0.25) is 11.8 Å². The third kappa shape index (κ3) is 5.14.